The third kappa shape index (κ3) is 3.06. The van der Waals surface area contributed by atoms with Crippen LogP contribution in [0.2, 0.25) is 0 Å². The topological polar surface area (TPSA) is 72.1 Å². The number of hydrogen-bond donors (Lipinski definition) is 0. The Kier molecular flexibility index (Phi) is 4.06. The van der Waals surface area contributed by atoms with Gasteiger partial charge in [-0.2, -0.15) is 13.8 Å². The maximum atomic E-state index is 14.4. The summed E-state index contributed by atoms with van der Waals surface area (Å²) in [7, 11) is 0. The molecule has 2 aromatic rings. The highest BCUT2D eigenvalue weighted by Crippen LogP contribution is 2.32. The quantitative estimate of drug-likeness (QED) is 0.867. The normalized spacial score (nSPS) is 18.9. The molecule has 0 saturated carbocycles. The van der Waals surface area contributed by atoms with Gasteiger partial charge in [0, 0.05) is 19.3 Å². The second kappa shape index (κ2) is 6.02. The molecule has 1 aliphatic rings. The number of alkyl halides is 2. The summed E-state index contributed by atoms with van der Waals surface area (Å²) in [6.07, 6.45) is 2.58. The number of carbonyl (C=O) groups is 1. The third-order valence-corrected chi connectivity index (χ3v) is 3.86. The largest absolute Gasteiger partial charge is 0.366 e. The molecular weight excluding hydrogens is 306 g/mol. The number of piperidine rings is 1. The van der Waals surface area contributed by atoms with Crippen molar-refractivity contribution in [2.75, 3.05) is 13.1 Å². The van der Waals surface area contributed by atoms with Gasteiger partial charge in [0.15, 0.2) is 5.82 Å². The number of rotatable bonds is 3. The molecule has 1 aliphatic heterocycles. The summed E-state index contributed by atoms with van der Waals surface area (Å²) in [5, 5.41) is 3.71. The molecule has 3 heterocycles. The van der Waals surface area contributed by atoms with Crippen molar-refractivity contribution in [1.29, 1.82) is 0 Å². The van der Waals surface area contributed by atoms with Crippen LogP contribution in [0.25, 0.3) is 0 Å². The van der Waals surface area contributed by atoms with E-state index in [4.69, 9.17) is 4.52 Å². The zero-order chi connectivity index (χ0) is 16.4. The Morgan fingerprint density at radius 2 is 2.26 bits per heavy atom. The summed E-state index contributed by atoms with van der Waals surface area (Å²) in [6.45, 7) is 2.11. The van der Waals surface area contributed by atoms with Crippen molar-refractivity contribution in [2.45, 2.75) is 31.6 Å². The second-order valence-electron chi connectivity index (χ2n) is 5.56. The molecule has 1 fully saturated rings. The van der Waals surface area contributed by atoms with Gasteiger partial charge in [-0.1, -0.05) is 11.2 Å². The Morgan fingerprint density at radius 3 is 2.91 bits per heavy atom. The number of pyridine rings is 1. The van der Waals surface area contributed by atoms with Gasteiger partial charge in [0.25, 0.3) is 5.91 Å². The molecule has 23 heavy (non-hydrogen) atoms. The minimum absolute atomic E-state index is 0.142. The predicted molar refractivity (Wildman–Crippen MR) is 75.7 cm³/mol. The summed E-state index contributed by atoms with van der Waals surface area (Å²) in [5.41, 5.74) is -0.541. The molecule has 0 aromatic carbocycles. The van der Waals surface area contributed by atoms with Gasteiger partial charge in [-0.15, -0.1) is 0 Å². The summed E-state index contributed by atoms with van der Waals surface area (Å²) in [4.78, 5) is 21.2. The van der Waals surface area contributed by atoms with Crippen LogP contribution in [0.4, 0.5) is 8.78 Å². The second-order valence-corrected chi connectivity index (χ2v) is 5.56. The maximum Gasteiger partial charge on any atom is 0.366 e. The van der Waals surface area contributed by atoms with Crippen molar-refractivity contribution in [2.24, 2.45) is 0 Å². The van der Waals surface area contributed by atoms with Gasteiger partial charge < -0.3 is 9.42 Å². The van der Waals surface area contributed by atoms with Gasteiger partial charge in [0.1, 0.15) is 5.69 Å². The van der Waals surface area contributed by atoms with E-state index in [2.05, 4.69) is 15.1 Å². The summed E-state index contributed by atoms with van der Waals surface area (Å²) >= 11 is 0. The van der Waals surface area contributed by atoms with Crippen molar-refractivity contribution >= 4 is 5.91 Å². The van der Waals surface area contributed by atoms with E-state index in [9.17, 15) is 13.6 Å². The number of aromatic nitrogens is 3. The molecule has 0 aliphatic carbocycles. The van der Waals surface area contributed by atoms with Gasteiger partial charge >= 0.3 is 5.92 Å². The first-order chi connectivity index (χ1) is 11.0. The Balaban J connectivity index is 1.77. The van der Waals surface area contributed by atoms with E-state index in [1.54, 1.807) is 6.92 Å². The van der Waals surface area contributed by atoms with Crippen LogP contribution in [0.15, 0.2) is 28.9 Å². The van der Waals surface area contributed by atoms with Crippen LogP contribution in [0, 0.1) is 6.92 Å². The van der Waals surface area contributed by atoms with E-state index < -0.39 is 17.5 Å². The fraction of sp³-hybridized carbons (Fsp3) is 0.467. The average molecular weight is 322 g/mol. The van der Waals surface area contributed by atoms with Gasteiger partial charge in [0.05, 0.1) is 5.92 Å². The minimum atomic E-state index is -3.64. The van der Waals surface area contributed by atoms with Crippen LogP contribution in [-0.4, -0.2) is 39.0 Å². The van der Waals surface area contributed by atoms with Crippen LogP contribution in [0.1, 0.15) is 36.2 Å². The molecule has 0 bridgehead atoms. The summed E-state index contributed by atoms with van der Waals surface area (Å²) in [5.74, 6) is -4.22. The fourth-order valence-electron chi connectivity index (χ4n) is 2.70. The molecule has 0 radical (unpaired) electrons. The lowest BCUT2D eigenvalue weighted by molar-refractivity contribution is -0.161. The lowest BCUT2D eigenvalue weighted by atomic mass is 9.97. The zero-order valence-electron chi connectivity index (χ0n) is 12.6. The Hall–Kier alpha value is -2.38. The van der Waals surface area contributed by atoms with E-state index in [0.717, 1.165) is 17.4 Å². The van der Waals surface area contributed by atoms with E-state index in [1.165, 1.54) is 18.3 Å². The monoisotopic (exact) mass is 322 g/mol. The molecule has 122 valence electrons. The Labute approximate surface area is 131 Å². The van der Waals surface area contributed by atoms with Crippen LogP contribution >= 0.6 is 0 Å². The van der Waals surface area contributed by atoms with Crippen LogP contribution in [-0.2, 0) is 10.7 Å². The van der Waals surface area contributed by atoms with Crippen LogP contribution in [0.5, 0.6) is 0 Å². The minimum Gasteiger partial charge on any atom is -0.339 e. The van der Waals surface area contributed by atoms with Gasteiger partial charge in [-0.25, -0.2) is 0 Å². The van der Waals surface area contributed by atoms with Crippen LogP contribution in [0.3, 0.4) is 0 Å². The number of halogens is 2. The highest BCUT2D eigenvalue weighted by Gasteiger charge is 2.46. The molecule has 2 aromatic heterocycles. The number of aryl methyl sites for hydroxylation is 1. The molecule has 3 rings (SSSR count). The first kappa shape index (κ1) is 15.5. The van der Waals surface area contributed by atoms with E-state index in [-0.39, 0.29) is 19.0 Å². The Morgan fingerprint density at radius 1 is 1.43 bits per heavy atom. The highest BCUT2D eigenvalue weighted by molar-refractivity contribution is 5.84. The Bertz CT molecular complexity index is 690. The number of carbonyl (C=O) groups excluding carboxylic acids is 1. The van der Waals surface area contributed by atoms with Crippen molar-refractivity contribution in [3.63, 3.8) is 0 Å². The first-order valence-corrected chi connectivity index (χ1v) is 7.37. The van der Waals surface area contributed by atoms with Crippen molar-refractivity contribution in [1.82, 2.24) is 20.0 Å². The van der Waals surface area contributed by atoms with Gasteiger partial charge in [-0.3, -0.25) is 9.78 Å². The summed E-state index contributed by atoms with van der Waals surface area (Å²) < 4.78 is 33.8. The predicted octanol–water partition coefficient (Wildman–Crippen LogP) is 2.27. The molecule has 0 unspecified atom stereocenters. The maximum absolute atomic E-state index is 14.4. The van der Waals surface area contributed by atoms with Gasteiger partial charge in [-0.05, 0) is 31.9 Å². The smallest absolute Gasteiger partial charge is 0.339 e. The first-order valence-electron chi connectivity index (χ1n) is 7.37. The molecular formula is C15H16F2N4O2. The lowest BCUT2D eigenvalue weighted by Gasteiger charge is -2.33. The number of amides is 1. The van der Waals surface area contributed by atoms with Crippen molar-refractivity contribution < 1.29 is 18.1 Å². The fourth-order valence-corrected chi connectivity index (χ4v) is 2.70. The van der Waals surface area contributed by atoms with Gasteiger partial charge in [0.2, 0.25) is 5.89 Å². The molecule has 1 atom stereocenters. The molecule has 1 saturated heterocycles. The molecule has 1 amide bonds. The van der Waals surface area contributed by atoms with E-state index >= 15 is 0 Å². The number of nitrogens with zero attached hydrogens (tertiary/aromatic N) is 4. The van der Waals surface area contributed by atoms with Crippen LogP contribution < -0.4 is 0 Å². The zero-order valence-corrected chi connectivity index (χ0v) is 12.6. The molecule has 6 nitrogen and oxygen atoms in total. The lowest BCUT2D eigenvalue weighted by Crippen LogP contribution is -2.46. The molecule has 0 N–H and O–H groups in total. The number of hydrogen-bond acceptors (Lipinski definition) is 5. The van der Waals surface area contributed by atoms with E-state index in [1.807, 2.05) is 0 Å². The summed E-state index contributed by atoms with van der Waals surface area (Å²) in [6, 6.07) is 4.11. The van der Waals surface area contributed by atoms with E-state index in [0.29, 0.717) is 18.1 Å². The molecule has 0 spiro atoms. The third-order valence-electron chi connectivity index (χ3n) is 3.86. The molecule has 8 heteroatoms. The van der Waals surface area contributed by atoms with Crippen molar-refractivity contribution in [3.8, 4) is 0 Å². The van der Waals surface area contributed by atoms with Crippen molar-refractivity contribution in [3.05, 3.63) is 41.8 Å². The SMILES string of the molecule is Cc1noc([C@@H]2CCCN(C(=O)C(F)(F)c3ccccn3)C2)n1. The number of likely N-dealkylation sites (tertiary alicyclic amines) is 1. The highest BCUT2D eigenvalue weighted by atomic mass is 19.3. The average Bonchev–Trinajstić information content (AvgIpc) is 3.01. The standard InChI is InChI=1S/C15H16F2N4O2/c1-10-19-13(23-20-10)11-5-4-8-21(9-11)14(22)15(16,17)12-6-2-3-7-18-12/h2-3,6-7,11H,4-5,8-9H2,1H3/t11-/m1/s1.